The highest BCUT2D eigenvalue weighted by Gasteiger charge is 2.23. The molecule has 0 atom stereocenters. The smallest absolute Gasteiger partial charge is 0.359 e. The van der Waals surface area contributed by atoms with Gasteiger partial charge in [-0.15, -0.1) is 0 Å². The van der Waals surface area contributed by atoms with Crippen LogP contribution < -0.4 is 5.32 Å². The lowest BCUT2D eigenvalue weighted by molar-refractivity contribution is -0.388. The maximum Gasteiger partial charge on any atom is 0.406 e. The molecule has 0 amide bonds. The summed E-state index contributed by atoms with van der Waals surface area (Å²) in [5, 5.41) is 21.4. The Labute approximate surface area is 103 Å². The summed E-state index contributed by atoms with van der Waals surface area (Å²) in [6.07, 6.45) is 1.57. The highest BCUT2D eigenvalue weighted by atomic mass is 16.6. The van der Waals surface area contributed by atoms with Crippen LogP contribution >= 0.6 is 0 Å². The molecule has 0 saturated carbocycles. The van der Waals surface area contributed by atoms with Gasteiger partial charge >= 0.3 is 5.82 Å². The molecule has 0 radical (unpaired) electrons. The lowest BCUT2D eigenvalue weighted by Gasteiger charge is -2.05. The first-order valence-electron chi connectivity index (χ1n) is 5.27. The molecular formula is C10H12N6O2. The predicted octanol–water partition coefficient (Wildman–Crippen LogP) is 1.04. The predicted molar refractivity (Wildman–Crippen MR) is 64.0 cm³/mol. The maximum absolute atomic E-state index is 10.9. The molecule has 8 heteroatoms. The Kier molecular flexibility index (Phi) is 3.18. The van der Waals surface area contributed by atoms with Crippen LogP contribution in [0.15, 0.2) is 18.3 Å². The Morgan fingerprint density at radius 2 is 2.33 bits per heavy atom. The van der Waals surface area contributed by atoms with Gasteiger partial charge in [-0.1, -0.05) is 0 Å². The van der Waals surface area contributed by atoms with Crippen LogP contribution in [0.4, 0.5) is 11.6 Å². The molecule has 0 aliphatic carbocycles. The number of nitrogens with zero attached hydrogens (tertiary/aromatic N) is 5. The zero-order valence-corrected chi connectivity index (χ0v) is 9.99. The van der Waals surface area contributed by atoms with Crippen molar-refractivity contribution in [3.63, 3.8) is 0 Å². The van der Waals surface area contributed by atoms with E-state index in [9.17, 15) is 10.1 Å². The molecule has 0 aliphatic rings. The summed E-state index contributed by atoms with van der Waals surface area (Å²) in [5.74, 6) is 0.755. The molecule has 0 unspecified atom stereocenters. The Balaban J connectivity index is 2.21. The third-order valence-electron chi connectivity index (χ3n) is 2.54. The van der Waals surface area contributed by atoms with Gasteiger partial charge in [0.15, 0.2) is 0 Å². The van der Waals surface area contributed by atoms with E-state index in [0.717, 1.165) is 0 Å². The minimum Gasteiger partial charge on any atom is -0.359 e. The minimum absolute atomic E-state index is 0.182. The molecule has 0 aromatic carbocycles. The molecule has 2 aromatic heterocycles. The van der Waals surface area contributed by atoms with E-state index in [-0.39, 0.29) is 5.82 Å². The molecule has 18 heavy (non-hydrogen) atoms. The fourth-order valence-corrected chi connectivity index (χ4v) is 1.52. The van der Waals surface area contributed by atoms with Gasteiger partial charge in [-0.3, -0.25) is 4.57 Å². The van der Waals surface area contributed by atoms with Crippen LogP contribution in [0.5, 0.6) is 0 Å². The molecular weight excluding hydrogens is 236 g/mol. The van der Waals surface area contributed by atoms with E-state index >= 15 is 0 Å². The van der Waals surface area contributed by atoms with Crippen molar-refractivity contribution in [2.45, 2.75) is 13.5 Å². The van der Waals surface area contributed by atoms with Crippen LogP contribution in [0.1, 0.15) is 11.5 Å². The van der Waals surface area contributed by atoms with E-state index in [1.807, 2.05) is 0 Å². The van der Waals surface area contributed by atoms with E-state index in [4.69, 9.17) is 0 Å². The van der Waals surface area contributed by atoms with Gasteiger partial charge in [0.1, 0.15) is 0 Å². The molecule has 2 aromatic rings. The number of imidazole rings is 1. The molecule has 0 saturated heterocycles. The SMILES string of the molecule is Cc1nc([N+](=O)[O-])c(NCc2cccnn2)n1C. The Morgan fingerprint density at radius 1 is 1.56 bits per heavy atom. The van der Waals surface area contributed by atoms with Gasteiger partial charge in [0.05, 0.1) is 12.2 Å². The second-order valence-electron chi connectivity index (χ2n) is 3.72. The summed E-state index contributed by atoms with van der Waals surface area (Å²) in [5.41, 5.74) is 0.700. The van der Waals surface area contributed by atoms with E-state index in [1.54, 1.807) is 36.9 Å². The summed E-state index contributed by atoms with van der Waals surface area (Å²) in [6, 6.07) is 3.54. The molecule has 0 aliphatic heterocycles. The van der Waals surface area contributed by atoms with Gasteiger partial charge < -0.3 is 15.4 Å². The standard InChI is InChI=1S/C10H12N6O2/c1-7-13-10(16(17)18)9(15(7)2)11-6-8-4-3-5-12-14-8/h3-5,11H,6H2,1-2H3. The highest BCUT2D eigenvalue weighted by Crippen LogP contribution is 2.23. The number of aryl methyl sites for hydroxylation is 1. The summed E-state index contributed by atoms with van der Waals surface area (Å²) < 4.78 is 1.63. The Morgan fingerprint density at radius 3 is 2.94 bits per heavy atom. The lowest BCUT2D eigenvalue weighted by Crippen LogP contribution is -2.07. The number of hydrogen-bond acceptors (Lipinski definition) is 6. The molecule has 8 nitrogen and oxygen atoms in total. The Hall–Kier alpha value is -2.51. The quantitative estimate of drug-likeness (QED) is 0.641. The third-order valence-corrected chi connectivity index (χ3v) is 2.54. The van der Waals surface area contributed by atoms with Crippen molar-refractivity contribution in [2.75, 3.05) is 5.32 Å². The van der Waals surface area contributed by atoms with Crippen molar-refractivity contribution in [3.8, 4) is 0 Å². The zero-order valence-electron chi connectivity index (χ0n) is 9.99. The van der Waals surface area contributed by atoms with E-state index < -0.39 is 4.92 Å². The third kappa shape index (κ3) is 2.26. The minimum atomic E-state index is -0.508. The van der Waals surface area contributed by atoms with Crippen molar-refractivity contribution >= 4 is 11.6 Å². The van der Waals surface area contributed by atoms with Crippen molar-refractivity contribution < 1.29 is 4.92 Å². The molecule has 0 bridgehead atoms. The van der Waals surface area contributed by atoms with Crippen LogP contribution in [-0.4, -0.2) is 24.7 Å². The fraction of sp³-hybridized carbons (Fsp3) is 0.300. The normalized spacial score (nSPS) is 10.3. The van der Waals surface area contributed by atoms with Crippen LogP contribution in [0.2, 0.25) is 0 Å². The first-order valence-corrected chi connectivity index (χ1v) is 5.27. The number of anilines is 1. The van der Waals surface area contributed by atoms with E-state index in [1.165, 1.54) is 0 Å². The van der Waals surface area contributed by atoms with Gasteiger partial charge in [-0.25, -0.2) is 0 Å². The second-order valence-corrected chi connectivity index (χ2v) is 3.72. The van der Waals surface area contributed by atoms with Gasteiger partial charge in [-0.05, 0) is 22.0 Å². The number of hydrogen-bond donors (Lipinski definition) is 1. The Bertz CT molecular complexity index is 565. The van der Waals surface area contributed by atoms with Gasteiger partial charge in [0.25, 0.3) is 0 Å². The van der Waals surface area contributed by atoms with Crippen molar-refractivity contribution in [3.05, 3.63) is 40.0 Å². The monoisotopic (exact) mass is 248 g/mol. The average Bonchev–Trinajstić information content (AvgIpc) is 2.65. The number of rotatable bonds is 4. The first kappa shape index (κ1) is 12.0. The van der Waals surface area contributed by atoms with E-state index in [2.05, 4.69) is 20.5 Å². The second kappa shape index (κ2) is 4.78. The summed E-state index contributed by atoms with van der Waals surface area (Å²) in [6.45, 7) is 2.06. The maximum atomic E-state index is 10.9. The topological polar surface area (TPSA) is 98.8 Å². The summed E-state index contributed by atoms with van der Waals surface area (Å²) >= 11 is 0. The van der Waals surface area contributed by atoms with Gasteiger partial charge in [0, 0.05) is 20.2 Å². The first-order chi connectivity index (χ1) is 8.59. The van der Waals surface area contributed by atoms with Gasteiger partial charge in [-0.2, -0.15) is 10.2 Å². The summed E-state index contributed by atoms with van der Waals surface area (Å²) in [7, 11) is 1.72. The average molecular weight is 248 g/mol. The van der Waals surface area contributed by atoms with Crippen LogP contribution in [0.3, 0.4) is 0 Å². The van der Waals surface area contributed by atoms with Crippen molar-refractivity contribution in [1.82, 2.24) is 19.7 Å². The summed E-state index contributed by atoms with van der Waals surface area (Å²) in [4.78, 5) is 14.2. The van der Waals surface area contributed by atoms with Crippen LogP contribution in [0, 0.1) is 17.0 Å². The molecule has 0 spiro atoms. The largest absolute Gasteiger partial charge is 0.406 e. The highest BCUT2D eigenvalue weighted by molar-refractivity contribution is 5.53. The lowest BCUT2D eigenvalue weighted by atomic mass is 10.4. The zero-order chi connectivity index (χ0) is 13.1. The van der Waals surface area contributed by atoms with Crippen molar-refractivity contribution in [2.24, 2.45) is 7.05 Å². The fourth-order valence-electron chi connectivity index (χ4n) is 1.52. The van der Waals surface area contributed by atoms with E-state index in [0.29, 0.717) is 23.9 Å². The van der Waals surface area contributed by atoms with Crippen LogP contribution in [0.25, 0.3) is 0 Å². The number of aromatic nitrogens is 4. The van der Waals surface area contributed by atoms with Crippen LogP contribution in [-0.2, 0) is 13.6 Å². The van der Waals surface area contributed by atoms with Crippen molar-refractivity contribution in [1.29, 1.82) is 0 Å². The number of nitro groups is 1. The number of nitrogens with one attached hydrogen (secondary N) is 1. The molecule has 2 rings (SSSR count). The molecule has 0 fully saturated rings. The van der Waals surface area contributed by atoms with Gasteiger partial charge in [0.2, 0.25) is 11.6 Å². The molecule has 1 N–H and O–H groups in total. The molecule has 2 heterocycles. The molecule has 94 valence electrons.